The molecule has 1 saturated heterocycles. The number of aromatic nitrogens is 1. The lowest BCUT2D eigenvalue weighted by Crippen LogP contribution is -2.54. The van der Waals surface area contributed by atoms with E-state index in [4.69, 9.17) is 4.98 Å². The Kier molecular flexibility index (Phi) is 6.26. The molecule has 0 aliphatic carbocycles. The van der Waals surface area contributed by atoms with Crippen LogP contribution >= 0.6 is 11.3 Å². The van der Waals surface area contributed by atoms with Crippen molar-refractivity contribution in [1.82, 2.24) is 9.29 Å². The van der Waals surface area contributed by atoms with Crippen LogP contribution in [0.3, 0.4) is 0 Å². The Morgan fingerprint density at radius 3 is 2.30 bits per heavy atom. The summed E-state index contributed by atoms with van der Waals surface area (Å²) in [7, 11) is -4.04. The molecule has 1 aliphatic rings. The van der Waals surface area contributed by atoms with Gasteiger partial charge in [0, 0.05) is 11.1 Å². The van der Waals surface area contributed by atoms with Crippen molar-refractivity contribution in [2.75, 3.05) is 4.90 Å². The van der Waals surface area contributed by atoms with Crippen molar-refractivity contribution in [2.24, 2.45) is 0 Å². The fourth-order valence-corrected chi connectivity index (χ4v) is 7.70. The van der Waals surface area contributed by atoms with Crippen molar-refractivity contribution in [3.8, 4) is 10.6 Å². The molecule has 190 valence electrons. The molecule has 2 heterocycles. The number of carbonyl (C=O) groups excluding carboxylic acids is 2. The molecule has 0 saturated carbocycles. The van der Waals surface area contributed by atoms with Crippen LogP contribution in [0.5, 0.6) is 0 Å². The molecule has 0 bridgehead atoms. The second kappa shape index (κ2) is 9.16. The van der Waals surface area contributed by atoms with Crippen molar-refractivity contribution >= 4 is 49.1 Å². The molecule has 1 aliphatic heterocycles. The van der Waals surface area contributed by atoms with E-state index in [1.165, 1.54) is 16.4 Å². The van der Waals surface area contributed by atoms with E-state index in [1.807, 2.05) is 31.2 Å². The van der Waals surface area contributed by atoms with Crippen LogP contribution in [0.4, 0.5) is 5.69 Å². The standard InChI is InChI=1S/C28H27N3O4S2/c1-18-10-15-22-24(16-18)36-26(29-22)19-11-13-20(14-12-19)30-25(32)17-23(27(30)33)31(28(2,3)4)37(34,35)21-8-6-5-7-9-21/h5-16,23H,17H2,1-4H3. The third-order valence-corrected chi connectivity index (χ3v) is 9.54. The molecular weight excluding hydrogens is 506 g/mol. The van der Waals surface area contributed by atoms with Crippen molar-refractivity contribution in [3.05, 3.63) is 78.4 Å². The lowest BCUT2D eigenvalue weighted by atomic mass is 10.1. The van der Waals surface area contributed by atoms with Crippen molar-refractivity contribution in [2.45, 2.75) is 50.6 Å². The number of amides is 2. The highest BCUT2D eigenvalue weighted by Gasteiger charge is 2.50. The van der Waals surface area contributed by atoms with Gasteiger partial charge in [-0.05, 0) is 81.8 Å². The predicted octanol–water partition coefficient (Wildman–Crippen LogP) is 5.39. The largest absolute Gasteiger partial charge is 0.274 e. The van der Waals surface area contributed by atoms with Gasteiger partial charge >= 0.3 is 0 Å². The van der Waals surface area contributed by atoms with Gasteiger partial charge in [-0.25, -0.2) is 18.3 Å². The van der Waals surface area contributed by atoms with E-state index in [0.29, 0.717) is 5.69 Å². The van der Waals surface area contributed by atoms with Gasteiger partial charge in [-0.3, -0.25) is 9.59 Å². The van der Waals surface area contributed by atoms with Gasteiger partial charge < -0.3 is 0 Å². The average Bonchev–Trinajstić information content (AvgIpc) is 3.38. The number of aryl methyl sites for hydroxylation is 1. The predicted molar refractivity (Wildman–Crippen MR) is 146 cm³/mol. The summed E-state index contributed by atoms with van der Waals surface area (Å²) in [6.07, 6.45) is -0.221. The zero-order valence-electron chi connectivity index (χ0n) is 21.0. The van der Waals surface area contributed by atoms with Gasteiger partial charge in [0.15, 0.2) is 0 Å². The number of thiazole rings is 1. The number of hydrogen-bond donors (Lipinski definition) is 0. The summed E-state index contributed by atoms with van der Waals surface area (Å²) >= 11 is 1.58. The molecule has 5 rings (SSSR count). The summed E-state index contributed by atoms with van der Waals surface area (Å²) in [5.74, 6) is -0.988. The first-order valence-corrected chi connectivity index (χ1v) is 14.2. The molecule has 7 nitrogen and oxygen atoms in total. The second-order valence-electron chi connectivity index (χ2n) is 10.1. The Morgan fingerprint density at radius 2 is 1.65 bits per heavy atom. The van der Waals surface area contributed by atoms with Crippen LogP contribution < -0.4 is 4.90 Å². The Morgan fingerprint density at radius 1 is 0.973 bits per heavy atom. The van der Waals surface area contributed by atoms with E-state index in [1.54, 1.807) is 62.4 Å². The van der Waals surface area contributed by atoms with E-state index in [-0.39, 0.29) is 11.3 Å². The van der Waals surface area contributed by atoms with Crippen molar-refractivity contribution in [3.63, 3.8) is 0 Å². The number of imide groups is 1. The maximum atomic E-state index is 13.6. The molecule has 2 amide bonds. The maximum absolute atomic E-state index is 13.6. The molecule has 1 fully saturated rings. The Labute approximate surface area is 220 Å². The number of hydrogen-bond acceptors (Lipinski definition) is 6. The topological polar surface area (TPSA) is 87.7 Å². The fourth-order valence-electron chi connectivity index (χ4n) is 4.68. The van der Waals surface area contributed by atoms with Crippen LogP contribution in [0, 0.1) is 6.92 Å². The van der Waals surface area contributed by atoms with Crippen molar-refractivity contribution < 1.29 is 18.0 Å². The first kappa shape index (κ1) is 25.3. The molecule has 4 aromatic rings. The molecule has 1 atom stereocenters. The number of benzene rings is 3. The van der Waals surface area contributed by atoms with Gasteiger partial charge in [0.1, 0.15) is 11.0 Å². The third kappa shape index (κ3) is 4.58. The molecule has 37 heavy (non-hydrogen) atoms. The van der Waals surface area contributed by atoms with Gasteiger partial charge in [-0.1, -0.05) is 24.3 Å². The summed E-state index contributed by atoms with van der Waals surface area (Å²) in [5.41, 5.74) is 2.44. The summed E-state index contributed by atoms with van der Waals surface area (Å²) in [5, 5.41) is 0.844. The minimum absolute atomic E-state index is 0.0824. The first-order valence-electron chi connectivity index (χ1n) is 11.9. The van der Waals surface area contributed by atoms with E-state index in [0.717, 1.165) is 31.3 Å². The van der Waals surface area contributed by atoms with Crippen LogP contribution in [0.2, 0.25) is 0 Å². The van der Waals surface area contributed by atoms with Crippen LogP contribution in [0.1, 0.15) is 32.8 Å². The summed E-state index contributed by atoms with van der Waals surface area (Å²) in [6, 6.07) is 20.0. The zero-order valence-corrected chi connectivity index (χ0v) is 22.6. The van der Waals surface area contributed by atoms with E-state index >= 15 is 0 Å². The lowest BCUT2D eigenvalue weighted by Gasteiger charge is -2.37. The molecular formula is C28H27N3O4S2. The van der Waals surface area contributed by atoms with Crippen LogP contribution in [-0.2, 0) is 19.6 Å². The summed E-state index contributed by atoms with van der Waals surface area (Å²) in [6.45, 7) is 7.21. The number of carbonyl (C=O) groups is 2. The molecule has 9 heteroatoms. The normalized spacial score (nSPS) is 16.8. The number of anilines is 1. The quantitative estimate of drug-likeness (QED) is 0.321. The minimum Gasteiger partial charge on any atom is -0.274 e. The third-order valence-electron chi connectivity index (χ3n) is 6.28. The van der Waals surface area contributed by atoms with E-state index in [2.05, 4.69) is 6.07 Å². The number of fused-ring (bicyclic) bond motifs is 1. The van der Waals surface area contributed by atoms with Gasteiger partial charge in [0.25, 0.3) is 5.91 Å². The number of nitrogens with zero attached hydrogens (tertiary/aromatic N) is 3. The Hall–Kier alpha value is -3.40. The fraction of sp³-hybridized carbons (Fsp3) is 0.250. The minimum atomic E-state index is -4.04. The highest BCUT2D eigenvalue weighted by Crippen LogP contribution is 2.36. The zero-order chi connectivity index (χ0) is 26.5. The average molecular weight is 534 g/mol. The second-order valence-corrected chi connectivity index (χ2v) is 13.0. The van der Waals surface area contributed by atoms with Gasteiger partial charge in [-0.2, -0.15) is 4.31 Å². The maximum Gasteiger partial charge on any atom is 0.252 e. The molecule has 1 unspecified atom stereocenters. The SMILES string of the molecule is Cc1ccc2nc(-c3ccc(N4C(=O)CC(N(C(C)(C)C)S(=O)(=O)c5ccccc5)C4=O)cc3)sc2c1. The lowest BCUT2D eigenvalue weighted by molar-refractivity contribution is -0.122. The van der Waals surface area contributed by atoms with Gasteiger partial charge in [0.2, 0.25) is 15.9 Å². The smallest absolute Gasteiger partial charge is 0.252 e. The van der Waals surface area contributed by atoms with Crippen LogP contribution in [0.25, 0.3) is 20.8 Å². The molecule has 1 aromatic heterocycles. The Bertz CT molecular complexity index is 1600. The van der Waals surface area contributed by atoms with Crippen LogP contribution in [0.15, 0.2) is 77.7 Å². The first-order chi connectivity index (χ1) is 17.5. The van der Waals surface area contributed by atoms with E-state index < -0.39 is 33.4 Å². The van der Waals surface area contributed by atoms with Crippen molar-refractivity contribution in [1.29, 1.82) is 0 Å². The molecule has 0 radical (unpaired) electrons. The summed E-state index contributed by atoms with van der Waals surface area (Å²) < 4.78 is 29.5. The summed E-state index contributed by atoms with van der Waals surface area (Å²) in [4.78, 5) is 32.5. The van der Waals surface area contributed by atoms with Gasteiger partial charge in [-0.15, -0.1) is 11.3 Å². The van der Waals surface area contributed by atoms with E-state index in [9.17, 15) is 18.0 Å². The highest BCUT2D eigenvalue weighted by atomic mass is 32.2. The monoisotopic (exact) mass is 533 g/mol. The number of sulfonamides is 1. The molecule has 0 N–H and O–H groups in total. The number of rotatable bonds is 5. The van der Waals surface area contributed by atoms with Crippen LogP contribution in [-0.4, -0.2) is 41.1 Å². The Balaban J connectivity index is 1.46. The highest BCUT2D eigenvalue weighted by molar-refractivity contribution is 7.89. The molecule has 0 spiro atoms. The van der Waals surface area contributed by atoms with Gasteiger partial charge in [0.05, 0.1) is 27.2 Å². The molecule has 3 aromatic carbocycles.